The molecule has 0 aromatic heterocycles. The number of carbonyl (C=O) groups excluding carboxylic acids is 2. The highest BCUT2D eigenvalue weighted by molar-refractivity contribution is 6.31. The molecule has 0 radical (unpaired) electrons. The molecular weight excluding hydrogens is 432 g/mol. The smallest absolute Gasteiger partial charge is 0.322 e. The molecule has 1 atom stereocenters. The summed E-state index contributed by atoms with van der Waals surface area (Å²) >= 11 is 6.20. The summed E-state index contributed by atoms with van der Waals surface area (Å²) in [7, 11) is 1.34. The summed E-state index contributed by atoms with van der Waals surface area (Å²) in [6.45, 7) is 7.09. The minimum atomic E-state index is -0.499. The van der Waals surface area contributed by atoms with Gasteiger partial charge in [0.2, 0.25) is 0 Å². The number of esters is 1. The Morgan fingerprint density at radius 3 is 2.50 bits per heavy atom. The molecule has 1 N–H and O–H groups in total. The predicted molar refractivity (Wildman–Crippen MR) is 124 cm³/mol. The van der Waals surface area contributed by atoms with Gasteiger partial charge in [0, 0.05) is 17.3 Å². The number of benzene rings is 2. The van der Waals surface area contributed by atoms with Gasteiger partial charge in [-0.2, -0.15) is 0 Å². The maximum atomic E-state index is 13.3. The van der Waals surface area contributed by atoms with E-state index in [1.165, 1.54) is 7.11 Å². The van der Waals surface area contributed by atoms with E-state index in [1.54, 1.807) is 23.1 Å². The first kappa shape index (κ1) is 23.7. The van der Waals surface area contributed by atoms with Crippen molar-refractivity contribution in [1.82, 2.24) is 4.90 Å². The molecule has 1 aliphatic rings. The number of rotatable bonds is 7. The van der Waals surface area contributed by atoms with Crippen LogP contribution in [0.3, 0.4) is 0 Å². The first-order valence-corrected chi connectivity index (χ1v) is 11.1. The summed E-state index contributed by atoms with van der Waals surface area (Å²) in [6.07, 6.45) is 0.659. The lowest BCUT2D eigenvalue weighted by Gasteiger charge is -2.37. The van der Waals surface area contributed by atoms with Gasteiger partial charge in [0.15, 0.2) is 11.5 Å². The molecular formula is C24H29ClN2O5. The Bertz CT molecular complexity index is 995. The van der Waals surface area contributed by atoms with E-state index in [2.05, 4.69) is 5.32 Å². The minimum Gasteiger partial charge on any atom is -0.490 e. The van der Waals surface area contributed by atoms with Crippen molar-refractivity contribution in [2.75, 3.05) is 32.2 Å². The molecule has 0 bridgehead atoms. The fourth-order valence-corrected chi connectivity index (χ4v) is 4.05. The Balaban J connectivity index is 1.97. The average Bonchev–Trinajstić information content (AvgIpc) is 2.77. The lowest BCUT2D eigenvalue weighted by atomic mass is 9.90. The number of anilines is 1. The van der Waals surface area contributed by atoms with Gasteiger partial charge in [0.1, 0.15) is 0 Å². The molecule has 172 valence electrons. The molecule has 0 spiro atoms. The van der Waals surface area contributed by atoms with Crippen LogP contribution in [0.5, 0.6) is 11.5 Å². The number of fused-ring (bicyclic) bond motifs is 1. The number of nitrogens with zero attached hydrogens (tertiary/aromatic N) is 1. The van der Waals surface area contributed by atoms with Gasteiger partial charge >= 0.3 is 12.0 Å². The van der Waals surface area contributed by atoms with Gasteiger partial charge in [0.05, 0.1) is 32.8 Å². The lowest BCUT2D eigenvalue weighted by Crippen LogP contribution is -2.43. The second-order valence-electron chi connectivity index (χ2n) is 7.45. The summed E-state index contributed by atoms with van der Waals surface area (Å²) in [5.74, 6) is 0.861. The Labute approximate surface area is 193 Å². The molecule has 0 aliphatic carbocycles. The molecule has 0 saturated carbocycles. The monoisotopic (exact) mass is 460 g/mol. The number of ether oxygens (including phenoxy) is 3. The van der Waals surface area contributed by atoms with E-state index in [0.29, 0.717) is 48.4 Å². The number of nitrogens with one attached hydrogen (secondary N) is 1. The van der Waals surface area contributed by atoms with Crippen LogP contribution in [0, 0.1) is 6.92 Å². The van der Waals surface area contributed by atoms with Crippen molar-refractivity contribution in [1.29, 1.82) is 0 Å². The molecule has 3 rings (SSSR count). The summed E-state index contributed by atoms with van der Waals surface area (Å²) < 4.78 is 16.4. The Kier molecular flexibility index (Phi) is 7.85. The number of hydrogen-bond acceptors (Lipinski definition) is 5. The molecule has 0 fully saturated rings. The molecule has 8 heteroatoms. The van der Waals surface area contributed by atoms with Gasteiger partial charge in [0.25, 0.3) is 0 Å². The molecule has 2 aromatic rings. The van der Waals surface area contributed by atoms with Crippen LogP contribution in [0.1, 0.15) is 43.0 Å². The highest BCUT2D eigenvalue weighted by Crippen LogP contribution is 2.40. The van der Waals surface area contributed by atoms with Crippen LogP contribution in [0.4, 0.5) is 10.5 Å². The normalized spacial score (nSPS) is 15.0. The molecule has 0 unspecified atom stereocenters. The Hall–Kier alpha value is -2.93. The number of methoxy groups -OCH3 is 1. The van der Waals surface area contributed by atoms with E-state index in [4.69, 9.17) is 25.8 Å². The Morgan fingerprint density at radius 2 is 1.84 bits per heavy atom. The second kappa shape index (κ2) is 10.6. The van der Waals surface area contributed by atoms with Gasteiger partial charge in [-0.25, -0.2) is 4.79 Å². The Morgan fingerprint density at radius 1 is 1.16 bits per heavy atom. The molecule has 0 saturated heterocycles. The van der Waals surface area contributed by atoms with E-state index in [-0.39, 0.29) is 12.5 Å². The average molecular weight is 461 g/mol. The van der Waals surface area contributed by atoms with Crippen LogP contribution in [0.2, 0.25) is 5.02 Å². The molecule has 2 amide bonds. The quantitative estimate of drug-likeness (QED) is 0.579. The first-order valence-electron chi connectivity index (χ1n) is 10.7. The number of carbonyl (C=O) groups is 2. The van der Waals surface area contributed by atoms with E-state index in [9.17, 15) is 9.59 Å². The predicted octanol–water partition coefficient (Wildman–Crippen LogP) is 5.14. The van der Waals surface area contributed by atoms with Crippen LogP contribution in [0.25, 0.3) is 0 Å². The standard InChI is InChI=1S/C24H29ClN2O5/c1-5-31-21-12-16-10-11-27(24(29)26-19-9-7-8-18(25)15(19)3)20(14-23(28)30-4)17(16)13-22(21)32-6-2/h7-9,12-13,20H,5-6,10-11,14H2,1-4H3,(H,26,29)/t20-/m1/s1. The van der Waals surface area contributed by atoms with E-state index >= 15 is 0 Å². The summed E-state index contributed by atoms with van der Waals surface area (Å²) in [4.78, 5) is 27.2. The second-order valence-corrected chi connectivity index (χ2v) is 7.85. The van der Waals surface area contributed by atoms with Crippen molar-refractivity contribution in [3.8, 4) is 11.5 Å². The third-order valence-electron chi connectivity index (χ3n) is 5.52. The van der Waals surface area contributed by atoms with Crippen LogP contribution in [0.15, 0.2) is 30.3 Å². The van der Waals surface area contributed by atoms with Gasteiger partial charge in [-0.1, -0.05) is 17.7 Å². The van der Waals surface area contributed by atoms with Crippen molar-refractivity contribution in [2.45, 2.75) is 39.7 Å². The number of urea groups is 1. The van der Waals surface area contributed by atoms with Gasteiger partial charge < -0.3 is 24.4 Å². The molecule has 7 nitrogen and oxygen atoms in total. The van der Waals surface area contributed by atoms with Crippen LogP contribution < -0.4 is 14.8 Å². The number of halogens is 1. The van der Waals surface area contributed by atoms with E-state index in [1.807, 2.05) is 32.9 Å². The minimum absolute atomic E-state index is 0.0327. The maximum Gasteiger partial charge on any atom is 0.322 e. The van der Waals surface area contributed by atoms with Crippen LogP contribution in [-0.2, 0) is 16.0 Å². The zero-order valence-electron chi connectivity index (χ0n) is 18.9. The van der Waals surface area contributed by atoms with Crippen molar-refractivity contribution in [3.05, 3.63) is 52.0 Å². The first-order chi connectivity index (χ1) is 15.4. The molecule has 1 heterocycles. The highest BCUT2D eigenvalue weighted by atomic mass is 35.5. The molecule has 2 aromatic carbocycles. The van der Waals surface area contributed by atoms with E-state index < -0.39 is 12.0 Å². The topological polar surface area (TPSA) is 77.1 Å². The third-order valence-corrected chi connectivity index (χ3v) is 5.93. The fourth-order valence-electron chi connectivity index (χ4n) is 3.88. The van der Waals surface area contributed by atoms with Crippen molar-refractivity contribution in [2.24, 2.45) is 0 Å². The number of hydrogen-bond donors (Lipinski definition) is 1. The molecule has 32 heavy (non-hydrogen) atoms. The van der Waals surface area contributed by atoms with Crippen LogP contribution in [-0.4, -0.2) is 43.8 Å². The van der Waals surface area contributed by atoms with Crippen molar-refractivity contribution < 1.29 is 23.8 Å². The van der Waals surface area contributed by atoms with Gasteiger partial charge in [-0.05, 0) is 68.1 Å². The summed E-state index contributed by atoms with van der Waals surface area (Å²) in [5, 5.41) is 3.51. The maximum absolute atomic E-state index is 13.3. The van der Waals surface area contributed by atoms with E-state index in [0.717, 1.165) is 16.7 Å². The highest BCUT2D eigenvalue weighted by Gasteiger charge is 2.34. The zero-order chi connectivity index (χ0) is 23.3. The number of amides is 2. The molecule has 1 aliphatic heterocycles. The zero-order valence-corrected chi connectivity index (χ0v) is 19.6. The van der Waals surface area contributed by atoms with Gasteiger partial charge in [-0.15, -0.1) is 0 Å². The largest absolute Gasteiger partial charge is 0.490 e. The fraction of sp³-hybridized carbons (Fsp3) is 0.417. The van der Waals surface area contributed by atoms with Gasteiger partial charge in [-0.3, -0.25) is 4.79 Å². The summed E-state index contributed by atoms with van der Waals surface area (Å²) in [5.41, 5.74) is 3.29. The van der Waals surface area contributed by atoms with Crippen molar-refractivity contribution >= 4 is 29.3 Å². The van der Waals surface area contributed by atoms with Crippen molar-refractivity contribution in [3.63, 3.8) is 0 Å². The van der Waals surface area contributed by atoms with Crippen LogP contribution >= 0.6 is 11.6 Å². The summed E-state index contributed by atoms with van der Waals surface area (Å²) in [6, 6.07) is 8.38. The third kappa shape index (κ3) is 5.10. The lowest BCUT2D eigenvalue weighted by molar-refractivity contribution is -0.141. The SMILES string of the molecule is CCOc1cc2c(cc1OCC)[C@@H](CC(=O)OC)N(C(=O)Nc1cccc(Cl)c1C)CC2.